The quantitative estimate of drug-likeness (QED) is 0.434. The molecule has 2 unspecified atom stereocenters. The van der Waals surface area contributed by atoms with Crippen LogP contribution in [0.4, 0.5) is 0 Å². The molecule has 0 aliphatic heterocycles. The summed E-state index contributed by atoms with van der Waals surface area (Å²) >= 11 is 0. The van der Waals surface area contributed by atoms with Gasteiger partial charge in [0.2, 0.25) is 0 Å². The van der Waals surface area contributed by atoms with E-state index < -0.39 is 0 Å². The third kappa shape index (κ3) is 2.93. The average molecular weight is 123 g/mol. The SMILES string of the molecule is CC1CCCC(C)C1.[B]. The Bertz CT molecular complexity index is 63.0. The fourth-order valence-electron chi connectivity index (χ4n) is 1.74. The Balaban J connectivity index is 0.000000640. The van der Waals surface area contributed by atoms with Gasteiger partial charge in [0.25, 0.3) is 0 Å². The van der Waals surface area contributed by atoms with Gasteiger partial charge in [-0.25, -0.2) is 0 Å². The van der Waals surface area contributed by atoms with Gasteiger partial charge in [0.15, 0.2) is 0 Å². The van der Waals surface area contributed by atoms with Crippen LogP contribution in [0, 0.1) is 11.8 Å². The third-order valence-electron chi connectivity index (χ3n) is 2.20. The van der Waals surface area contributed by atoms with Crippen LogP contribution in [0.25, 0.3) is 0 Å². The number of rotatable bonds is 0. The predicted octanol–water partition coefficient (Wildman–Crippen LogP) is 2.45. The van der Waals surface area contributed by atoms with Crippen molar-refractivity contribution in [1.29, 1.82) is 0 Å². The van der Waals surface area contributed by atoms with Gasteiger partial charge in [-0.3, -0.25) is 0 Å². The summed E-state index contributed by atoms with van der Waals surface area (Å²) in [4.78, 5) is 0. The standard InChI is InChI=1S/C8H16.B/c1-7-4-3-5-8(2)6-7;/h7-8H,3-6H2,1-2H3;. The van der Waals surface area contributed by atoms with E-state index in [0.29, 0.717) is 0 Å². The second kappa shape index (κ2) is 3.97. The maximum atomic E-state index is 2.37. The van der Waals surface area contributed by atoms with E-state index >= 15 is 0 Å². The lowest BCUT2D eigenvalue weighted by Gasteiger charge is -2.22. The van der Waals surface area contributed by atoms with Crippen LogP contribution >= 0.6 is 0 Å². The minimum atomic E-state index is 0. The summed E-state index contributed by atoms with van der Waals surface area (Å²) in [5.41, 5.74) is 0. The van der Waals surface area contributed by atoms with E-state index in [4.69, 9.17) is 0 Å². The molecule has 0 spiro atoms. The molecule has 51 valence electrons. The maximum absolute atomic E-state index is 2.37. The highest BCUT2D eigenvalue weighted by Crippen LogP contribution is 2.27. The fraction of sp³-hybridized carbons (Fsp3) is 1.00. The Morgan fingerprint density at radius 3 is 1.67 bits per heavy atom. The second-order valence-electron chi connectivity index (χ2n) is 3.38. The second-order valence-corrected chi connectivity index (χ2v) is 3.38. The van der Waals surface area contributed by atoms with Crippen molar-refractivity contribution in [3.8, 4) is 0 Å². The molecule has 0 saturated heterocycles. The summed E-state index contributed by atoms with van der Waals surface area (Å²) in [6.07, 6.45) is 5.90. The van der Waals surface area contributed by atoms with Gasteiger partial charge in [0.05, 0.1) is 0 Å². The van der Waals surface area contributed by atoms with Crippen molar-refractivity contribution in [3.63, 3.8) is 0 Å². The molecule has 0 heterocycles. The van der Waals surface area contributed by atoms with Crippen molar-refractivity contribution in [3.05, 3.63) is 0 Å². The molecule has 1 rings (SSSR count). The molecule has 0 aromatic carbocycles. The van der Waals surface area contributed by atoms with Crippen LogP contribution in [-0.2, 0) is 0 Å². The molecule has 0 aromatic rings. The smallest absolute Gasteiger partial charge is 0 e. The van der Waals surface area contributed by atoms with Crippen molar-refractivity contribution >= 4 is 8.41 Å². The first-order valence-corrected chi connectivity index (χ1v) is 3.79. The Labute approximate surface area is 60.6 Å². The monoisotopic (exact) mass is 123 g/mol. The van der Waals surface area contributed by atoms with E-state index in [1.54, 1.807) is 0 Å². The third-order valence-corrected chi connectivity index (χ3v) is 2.20. The lowest BCUT2D eigenvalue weighted by Crippen LogP contribution is -2.09. The molecule has 3 radical (unpaired) electrons. The van der Waals surface area contributed by atoms with Gasteiger partial charge in [-0.15, -0.1) is 0 Å². The largest absolute Gasteiger partial charge is 0.0625 e. The van der Waals surface area contributed by atoms with Gasteiger partial charge in [0, 0.05) is 8.41 Å². The van der Waals surface area contributed by atoms with E-state index in [0.717, 1.165) is 11.8 Å². The van der Waals surface area contributed by atoms with Crippen molar-refractivity contribution in [2.24, 2.45) is 11.8 Å². The minimum Gasteiger partial charge on any atom is -0.0625 e. The van der Waals surface area contributed by atoms with Crippen LogP contribution in [0.5, 0.6) is 0 Å². The van der Waals surface area contributed by atoms with Gasteiger partial charge in [-0.05, 0) is 18.3 Å². The maximum Gasteiger partial charge on any atom is 0 e. The van der Waals surface area contributed by atoms with Crippen LogP contribution < -0.4 is 0 Å². The molecule has 0 aromatic heterocycles. The Morgan fingerprint density at radius 2 is 1.44 bits per heavy atom. The highest BCUT2D eigenvalue weighted by Gasteiger charge is 2.13. The Kier molecular flexibility index (Phi) is 4.00. The van der Waals surface area contributed by atoms with Crippen LogP contribution in [-0.4, -0.2) is 8.41 Å². The normalized spacial score (nSPS) is 35.3. The molecule has 9 heavy (non-hydrogen) atoms. The number of hydrogen-bond acceptors (Lipinski definition) is 0. The Hall–Kier alpha value is 0.0649. The lowest BCUT2D eigenvalue weighted by atomic mass is 9.84. The van der Waals surface area contributed by atoms with Gasteiger partial charge in [0.1, 0.15) is 0 Å². The van der Waals surface area contributed by atoms with Gasteiger partial charge in [-0.1, -0.05) is 33.1 Å². The molecular weight excluding hydrogens is 107 g/mol. The van der Waals surface area contributed by atoms with Crippen LogP contribution in [0.3, 0.4) is 0 Å². The zero-order valence-corrected chi connectivity index (χ0v) is 6.56. The van der Waals surface area contributed by atoms with Crippen molar-refractivity contribution < 1.29 is 0 Å². The van der Waals surface area contributed by atoms with E-state index in [1.165, 1.54) is 25.7 Å². The minimum absolute atomic E-state index is 0. The van der Waals surface area contributed by atoms with Crippen molar-refractivity contribution in [2.45, 2.75) is 39.5 Å². The van der Waals surface area contributed by atoms with Crippen molar-refractivity contribution in [2.75, 3.05) is 0 Å². The molecule has 1 heteroatoms. The average Bonchev–Trinajstić information content (AvgIpc) is 1.64. The van der Waals surface area contributed by atoms with Crippen LogP contribution in [0.1, 0.15) is 39.5 Å². The zero-order valence-electron chi connectivity index (χ0n) is 6.56. The van der Waals surface area contributed by atoms with Crippen molar-refractivity contribution in [1.82, 2.24) is 0 Å². The molecule has 2 atom stereocenters. The highest BCUT2D eigenvalue weighted by atomic mass is 14.2. The zero-order chi connectivity index (χ0) is 5.98. The molecule has 1 saturated carbocycles. The predicted molar refractivity (Wildman–Crippen MR) is 42.6 cm³/mol. The van der Waals surface area contributed by atoms with E-state index in [-0.39, 0.29) is 8.41 Å². The highest BCUT2D eigenvalue weighted by molar-refractivity contribution is 5.75. The molecule has 0 N–H and O–H groups in total. The molecule has 1 aliphatic rings. The Morgan fingerprint density at radius 1 is 1.00 bits per heavy atom. The fourth-order valence-corrected chi connectivity index (χ4v) is 1.74. The first-order valence-electron chi connectivity index (χ1n) is 3.79. The molecule has 0 amide bonds. The summed E-state index contributed by atoms with van der Waals surface area (Å²) in [7, 11) is 0. The first-order chi connectivity index (χ1) is 3.79. The molecular formula is C8H16B. The van der Waals surface area contributed by atoms with E-state index in [1.807, 2.05) is 0 Å². The van der Waals surface area contributed by atoms with Crippen LogP contribution in [0.15, 0.2) is 0 Å². The number of hydrogen-bond donors (Lipinski definition) is 0. The topological polar surface area (TPSA) is 0 Å². The van der Waals surface area contributed by atoms with Crippen LogP contribution in [0.2, 0.25) is 0 Å². The molecule has 1 aliphatic carbocycles. The summed E-state index contributed by atoms with van der Waals surface area (Å²) in [5.74, 6) is 2.03. The first kappa shape index (κ1) is 9.06. The van der Waals surface area contributed by atoms with E-state index in [2.05, 4.69) is 13.8 Å². The summed E-state index contributed by atoms with van der Waals surface area (Å²) in [6, 6.07) is 0. The van der Waals surface area contributed by atoms with Gasteiger partial charge in [-0.2, -0.15) is 0 Å². The molecule has 0 bridgehead atoms. The van der Waals surface area contributed by atoms with E-state index in [9.17, 15) is 0 Å². The lowest BCUT2D eigenvalue weighted by molar-refractivity contribution is 0.301. The molecule has 1 fully saturated rings. The summed E-state index contributed by atoms with van der Waals surface area (Å²) in [6.45, 7) is 4.74. The van der Waals surface area contributed by atoms with Gasteiger partial charge >= 0.3 is 0 Å². The summed E-state index contributed by atoms with van der Waals surface area (Å²) in [5, 5.41) is 0. The van der Waals surface area contributed by atoms with Gasteiger partial charge < -0.3 is 0 Å². The summed E-state index contributed by atoms with van der Waals surface area (Å²) < 4.78 is 0. The molecule has 0 nitrogen and oxygen atoms in total.